The number of hydrogen-bond acceptors (Lipinski definition) is 3. The first kappa shape index (κ1) is 28.0. The fraction of sp³-hybridized carbons (Fsp3) is 0.533. The number of fused-ring (bicyclic) bond motifs is 1. The second kappa shape index (κ2) is 10.6. The van der Waals surface area contributed by atoms with Gasteiger partial charge in [0.25, 0.3) is 5.82 Å². The molecular formula is C30H39F3N3O2+. The number of para-hydroxylation sites is 2. The first-order valence-corrected chi connectivity index (χ1v) is 13.4. The summed E-state index contributed by atoms with van der Waals surface area (Å²) in [6, 6.07) is 11.2. The third-order valence-electron chi connectivity index (χ3n) is 8.05. The van der Waals surface area contributed by atoms with Gasteiger partial charge in [0, 0.05) is 19.8 Å². The fourth-order valence-electron chi connectivity index (χ4n) is 5.96. The van der Waals surface area contributed by atoms with E-state index >= 15 is 0 Å². The Labute approximate surface area is 223 Å². The zero-order chi connectivity index (χ0) is 27.9. The Kier molecular flexibility index (Phi) is 7.82. The molecule has 38 heavy (non-hydrogen) atoms. The number of carbonyl (C=O) groups is 1. The van der Waals surface area contributed by atoms with Crippen LogP contribution in [0, 0.1) is 17.8 Å². The van der Waals surface area contributed by atoms with E-state index < -0.39 is 17.8 Å². The van der Waals surface area contributed by atoms with Crippen LogP contribution in [0.25, 0.3) is 22.4 Å². The van der Waals surface area contributed by atoms with Gasteiger partial charge in [-0.2, -0.15) is 13.2 Å². The van der Waals surface area contributed by atoms with Crippen molar-refractivity contribution in [1.82, 2.24) is 4.57 Å². The van der Waals surface area contributed by atoms with Crippen molar-refractivity contribution < 1.29 is 27.3 Å². The average molecular weight is 531 g/mol. The van der Waals surface area contributed by atoms with E-state index in [0.29, 0.717) is 29.1 Å². The largest absolute Gasteiger partial charge is 0.459 e. The number of halogens is 3. The van der Waals surface area contributed by atoms with Crippen molar-refractivity contribution in [3.05, 3.63) is 48.0 Å². The van der Waals surface area contributed by atoms with Crippen molar-refractivity contribution in [2.24, 2.45) is 24.8 Å². The van der Waals surface area contributed by atoms with Gasteiger partial charge in [-0.25, -0.2) is 13.9 Å². The Balaban J connectivity index is 1.81. The van der Waals surface area contributed by atoms with E-state index in [4.69, 9.17) is 4.74 Å². The summed E-state index contributed by atoms with van der Waals surface area (Å²) in [4.78, 5) is 15.1. The third kappa shape index (κ3) is 5.27. The van der Waals surface area contributed by atoms with Crippen LogP contribution in [0.15, 0.2) is 42.5 Å². The summed E-state index contributed by atoms with van der Waals surface area (Å²) in [5, 5.41) is 0. The number of esters is 1. The standard InChI is InChI=1S/C30H39F3N3O2/c1-18(2)22-14-12-19(3)16-27(22)38-29(37)20(4)36-26-11-9-8-10-25(26)35(7)28(36)21-13-15-24(34(5)6)23(17-21)30(31,32)33/h8-11,13,15,17-20,22,27H,12,14,16H2,1-7H3/q+1/t19-,20-,22+,27-/m1/s1. The number of anilines is 1. The molecule has 1 aromatic heterocycles. The van der Waals surface area contributed by atoms with Crippen LogP contribution in [-0.4, -0.2) is 30.7 Å². The molecule has 1 aliphatic rings. The van der Waals surface area contributed by atoms with E-state index in [2.05, 4.69) is 20.8 Å². The van der Waals surface area contributed by atoms with Gasteiger partial charge in [0.2, 0.25) is 0 Å². The van der Waals surface area contributed by atoms with E-state index in [9.17, 15) is 18.0 Å². The maximum Gasteiger partial charge on any atom is 0.418 e. The molecule has 3 aromatic rings. The monoisotopic (exact) mass is 530 g/mol. The van der Waals surface area contributed by atoms with E-state index in [1.54, 1.807) is 27.1 Å². The van der Waals surface area contributed by atoms with E-state index in [1.807, 2.05) is 40.4 Å². The summed E-state index contributed by atoms with van der Waals surface area (Å²) in [6.07, 6.45) is -1.71. The van der Waals surface area contributed by atoms with E-state index in [0.717, 1.165) is 30.3 Å². The molecule has 1 heterocycles. The number of aromatic nitrogens is 2. The second-order valence-electron chi connectivity index (χ2n) is 11.3. The van der Waals surface area contributed by atoms with Crippen molar-refractivity contribution in [3.8, 4) is 11.4 Å². The van der Waals surface area contributed by atoms with E-state index in [1.165, 1.54) is 17.0 Å². The highest BCUT2D eigenvalue weighted by Gasteiger charge is 2.39. The molecule has 0 radical (unpaired) electrons. The minimum Gasteiger partial charge on any atom is -0.459 e. The van der Waals surface area contributed by atoms with Crippen LogP contribution >= 0.6 is 0 Å². The summed E-state index contributed by atoms with van der Waals surface area (Å²) >= 11 is 0. The van der Waals surface area contributed by atoms with Crippen molar-refractivity contribution in [2.45, 2.75) is 65.3 Å². The lowest BCUT2D eigenvalue weighted by atomic mass is 9.75. The highest BCUT2D eigenvalue weighted by molar-refractivity contribution is 5.82. The molecule has 0 bridgehead atoms. The molecular weight excluding hydrogens is 491 g/mol. The maximum atomic E-state index is 14.1. The molecule has 1 aliphatic carbocycles. The van der Waals surface area contributed by atoms with Crippen LogP contribution in [0.3, 0.4) is 0 Å². The van der Waals surface area contributed by atoms with E-state index in [-0.39, 0.29) is 17.8 Å². The van der Waals surface area contributed by atoms with Crippen LogP contribution in [0.1, 0.15) is 58.6 Å². The van der Waals surface area contributed by atoms with Gasteiger partial charge in [0.05, 0.1) is 18.2 Å². The number of benzene rings is 2. The first-order valence-electron chi connectivity index (χ1n) is 13.4. The van der Waals surface area contributed by atoms with Gasteiger partial charge in [0.15, 0.2) is 17.1 Å². The lowest BCUT2D eigenvalue weighted by Gasteiger charge is -2.37. The third-order valence-corrected chi connectivity index (χ3v) is 8.05. The number of alkyl halides is 3. The zero-order valence-corrected chi connectivity index (χ0v) is 23.3. The lowest BCUT2D eigenvalue weighted by molar-refractivity contribution is -0.634. The number of imidazole rings is 1. The van der Waals surface area contributed by atoms with Crippen molar-refractivity contribution in [1.29, 1.82) is 0 Å². The normalized spacial score (nSPS) is 21.1. The number of aryl methyl sites for hydroxylation is 1. The van der Waals surface area contributed by atoms with Gasteiger partial charge in [-0.3, -0.25) is 0 Å². The SMILES string of the molecule is CC(C)[C@@H]1CC[C@@H](C)C[C@H]1OC(=O)[C@@H](C)n1c(-c2ccc(N(C)C)c(C(F)(F)F)c2)[n+](C)c2ccccc21. The summed E-state index contributed by atoms with van der Waals surface area (Å²) in [5.74, 6) is 1.33. The van der Waals surface area contributed by atoms with Gasteiger partial charge in [-0.1, -0.05) is 39.3 Å². The Morgan fingerprint density at radius 2 is 1.79 bits per heavy atom. The molecule has 0 saturated heterocycles. The number of hydrogen-bond donors (Lipinski definition) is 0. The predicted octanol–water partition coefficient (Wildman–Crippen LogP) is 6.78. The molecule has 1 fully saturated rings. The molecule has 0 unspecified atom stereocenters. The smallest absolute Gasteiger partial charge is 0.418 e. The van der Waals surface area contributed by atoms with Crippen molar-refractivity contribution in [3.63, 3.8) is 0 Å². The van der Waals surface area contributed by atoms with Crippen LogP contribution in [0.2, 0.25) is 0 Å². The maximum absolute atomic E-state index is 14.1. The molecule has 4 atom stereocenters. The number of rotatable bonds is 6. The molecule has 0 aliphatic heterocycles. The molecule has 2 aromatic carbocycles. The Hall–Kier alpha value is -3.03. The lowest BCUT2D eigenvalue weighted by Crippen LogP contribution is -2.38. The van der Waals surface area contributed by atoms with Crippen LogP contribution in [0.4, 0.5) is 18.9 Å². The van der Waals surface area contributed by atoms with Gasteiger partial charge in [-0.05, 0) is 67.9 Å². The number of nitrogens with zero attached hydrogens (tertiary/aromatic N) is 3. The Morgan fingerprint density at radius 1 is 1.11 bits per heavy atom. The van der Waals surface area contributed by atoms with Gasteiger partial charge >= 0.3 is 12.1 Å². The predicted molar refractivity (Wildman–Crippen MR) is 144 cm³/mol. The van der Waals surface area contributed by atoms with Crippen LogP contribution in [-0.2, 0) is 22.8 Å². The first-order chi connectivity index (χ1) is 17.8. The molecule has 1 saturated carbocycles. The zero-order valence-electron chi connectivity index (χ0n) is 23.3. The summed E-state index contributed by atoms with van der Waals surface area (Å²) in [6.45, 7) is 8.29. The average Bonchev–Trinajstić information content (AvgIpc) is 3.14. The van der Waals surface area contributed by atoms with Crippen LogP contribution < -0.4 is 9.47 Å². The topological polar surface area (TPSA) is 38.4 Å². The molecule has 8 heteroatoms. The highest BCUT2D eigenvalue weighted by Crippen LogP contribution is 2.40. The fourth-order valence-corrected chi connectivity index (χ4v) is 5.96. The summed E-state index contributed by atoms with van der Waals surface area (Å²) in [5.41, 5.74) is 1.33. The number of ether oxygens (including phenoxy) is 1. The summed E-state index contributed by atoms with van der Waals surface area (Å²) in [7, 11) is 5.00. The van der Waals surface area contributed by atoms with Gasteiger partial charge in [0.1, 0.15) is 6.10 Å². The molecule has 0 N–H and O–H groups in total. The minimum atomic E-state index is -4.53. The van der Waals surface area contributed by atoms with Gasteiger partial charge < -0.3 is 9.64 Å². The molecule has 0 spiro atoms. The molecule has 0 amide bonds. The van der Waals surface area contributed by atoms with Gasteiger partial charge in [-0.15, -0.1) is 0 Å². The second-order valence-corrected chi connectivity index (χ2v) is 11.3. The molecule has 5 nitrogen and oxygen atoms in total. The Morgan fingerprint density at radius 3 is 2.42 bits per heavy atom. The van der Waals surface area contributed by atoms with Crippen molar-refractivity contribution >= 4 is 22.7 Å². The van der Waals surface area contributed by atoms with Crippen molar-refractivity contribution in [2.75, 3.05) is 19.0 Å². The van der Waals surface area contributed by atoms with Crippen LogP contribution in [0.5, 0.6) is 0 Å². The Bertz CT molecular complexity index is 1310. The quantitative estimate of drug-likeness (QED) is 0.260. The number of carbonyl (C=O) groups excluding carboxylic acids is 1. The molecule has 206 valence electrons. The minimum absolute atomic E-state index is 0.0881. The molecule has 4 rings (SSSR count). The summed E-state index contributed by atoms with van der Waals surface area (Å²) < 4.78 is 52.1. The highest BCUT2D eigenvalue weighted by atomic mass is 19.4.